The van der Waals surface area contributed by atoms with Crippen molar-refractivity contribution in [2.45, 2.75) is 6.42 Å². The van der Waals surface area contributed by atoms with Crippen LogP contribution in [0, 0.1) is 0 Å². The van der Waals surface area contributed by atoms with Gasteiger partial charge in [0.05, 0.1) is 0 Å². The number of nitrogens with one attached hydrogen (secondary N) is 1. The van der Waals surface area contributed by atoms with Gasteiger partial charge in [-0.3, -0.25) is 0 Å². The van der Waals surface area contributed by atoms with Crippen LogP contribution in [0.15, 0.2) is 42.5 Å². The maximum Gasteiger partial charge on any atom is 0.0108 e. The van der Waals surface area contributed by atoms with Gasteiger partial charge in [-0.25, -0.2) is 0 Å². The zero-order chi connectivity index (χ0) is 12.2. The molecule has 1 aliphatic heterocycles. The maximum absolute atomic E-state index is 3.40. The molecule has 0 unspecified atom stereocenters. The minimum atomic E-state index is 1.13. The Morgan fingerprint density at radius 3 is 2.61 bits per heavy atom. The summed E-state index contributed by atoms with van der Waals surface area (Å²) in [5, 5.41) is 6.17. The predicted molar refractivity (Wildman–Crippen MR) is 77.0 cm³/mol. The van der Waals surface area contributed by atoms with Crippen molar-refractivity contribution in [2.24, 2.45) is 0 Å². The molecule has 2 nitrogen and oxygen atoms in total. The van der Waals surface area contributed by atoms with Gasteiger partial charge in [0.15, 0.2) is 0 Å². The van der Waals surface area contributed by atoms with Crippen molar-refractivity contribution < 1.29 is 0 Å². The van der Waals surface area contributed by atoms with Crippen molar-refractivity contribution in [1.82, 2.24) is 10.2 Å². The van der Waals surface area contributed by atoms with Crippen molar-refractivity contribution in [1.29, 1.82) is 0 Å². The lowest BCUT2D eigenvalue weighted by Crippen LogP contribution is -2.44. The average Bonchev–Trinajstić information content (AvgIpc) is 2.46. The number of rotatable bonds is 3. The van der Waals surface area contributed by atoms with Gasteiger partial charge < -0.3 is 10.2 Å². The van der Waals surface area contributed by atoms with Gasteiger partial charge in [-0.15, -0.1) is 0 Å². The normalized spacial score (nSPS) is 17.1. The lowest BCUT2D eigenvalue weighted by molar-refractivity contribution is 0.244. The molecule has 1 aliphatic rings. The molecule has 1 saturated heterocycles. The number of fused-ring (bicyclic) bond motifs is 1. The largest absolute Gasteiger partial charge is 0.314 e. The van der Waals surface area contributed by atoms with E-state index in [1.165, 1.54) is 36.0 Å². The molecule has 2 heteroatoms. The van der Waals surface area contributed by atoms with Gasteiger partial charge in [-0.2, -0.15) is 0 Å². The number of benzene rings is 2. The fraction of sp³-hybridized carbons (Fsp3) is 0.375. The van der Waals surface area contributed by atoms with Crippen LogP contribution in [0.4, 0.5) is 0 Å². The molecule has 18 heavy (non-hydrogen) atoms. The third-order valence-electron chi connectivity index (χ3n) is 3.79. The Hall–Kier alpha value is -1.38. The van der Waals surface area contributed by atoms with Gasteiger partial charge in [-0.05, 0) is 22.8 Å². The third kappa shape index (κ3) is 2.55. The molecule has 1 N–H and O–H groups in total. The summed E-state index contributed by atoms with van der Waals surface area (Å²) in [6.45, 7) is 5.82. The van der Waals surface area contributed by atoms with Crippen LogP contribution in [0.25, 0.3) is 10.8 Å². The summed E-state index contributed by atoms with van der Waals surface area (Å²) in [7, 11) is 0. The Morgan fingerprint density at radius 2 is 1.72 bits per heavy atom. The molecule has 1 heterocycles. The molecule has 2 aromatic rings. The van der Waals surface area contributed by atoms with E-state index in [4.69, 9.17) is 0 Å². The summed E-state index contributed by atoms with van der Waals surface area (Å²) in [4.78, 5) is 2.55. The van der Waals surface area contributed by atoms with Crippen LogP contribution in [0.1, 0.15) is 5.56 Å². The minimum absolute atomic E-state index is 1.13. The van der Waals surface area contributed by atoms with Crippen molar-refractivity contribution in [2.75, 3.05) is 32.7 Å². The Morgan fingerprint density at radius 1 is 0.944 bits per heavy atom. The van der Waals surface area contributed by atoms with Crippen LogP contribution >= 0.6 is 0 Å². The zero-order valence-electron chi connectivity index (χ0n) is 10.7. The lowest BCUT2D eigenvalue weighted by atomic mass is 10.0. The minimum Gasteiger partial charge on any atom is -0.314 e. The SMILES string of the molecule is c1ccc2c(CCN3CCNCC3)cccc2c1. The Kier molecular flexibility index (Phi) is 3.58. The monoisotopic (exact) mass is 240 g/mol. The zero-order valence-corrected chi connectivity index (χ0v) is 10.7. The maximum atomic E-state index is 3.40. The standard InChI is InChI=1S/C16H20N2/c1-2-7-16-14(4-1)5-3-6-15(16)8-11-18-12-9-17-10-13-18/h1-7,17H,8-13H2. The Bertz CT molecular complexity index is 510. The molecule has 1 fully saturated rings. The molecule has 0 aromatic heterocycles. The summed E-state index contributed by atoms with van der Waals surface area (Å²) in [6, 6.07) is 15.3. The van der Waals surface area contributed by atoms with Gasteiger partial charge in [0.25, 0.3) is 0 Å². The highest BCUT2D eigenvalue weighted by Gasteiger charge is 2.09. The van der Waals surface area contributed by atoms with E-state index in [0.29, 0.717) is 0 Å². The first-order valence-corrected chi connectivity index (χ1v) is 6.83. The second-order valence-electron chi connectivity index (χ2n) is 4.98. The summed E-state index contributed by atoms with van der Waals surface area (Å²) in [6.07, 6.45) is 1.15. The van der Waals surface area contributed by atoms with Gasteiger partial charge in [0, 0.05) is 32.7 Å². The predicted octanol–water partition coefficient (Wildman–Crippen LogP) is 2.29. The first-order valence-electron chi connectivity index (χ1n) is 6.83. The number of hydrogen-bond acceptors (Lipinski definition) is 2. The van der Waals surface area contributed by atoms with E-state index in [2.05, 4.69) is 52.7 Å². The molecule has 2 aromatic carbocycles. The quantitative estimate of drug-likeness (QED) is 0.885. The Balaban J connectivity index is 1.74. The van der Waals surface area contributed by atoms with E-state index in [0.717, 1.165) is 19.5 Å². The highest BCUT2D eigenvalue weighted by atomic mass is 15.2. The number of piperazine rings is 1. The van der Waals surface area contributed by atoms with Crippen molar-refractivity contribution in [3.63, 3.8) is 0 Å². The average molecular weight is 240 g/mol. The van der Waals surface area contributed by atoms with Crippen LogP contribution in [0.2, 0.25) is 0 Å². The highest BCUT2D eigenvalue weighted by Crippen LogP contribution is 2.19. The van der Waals surface area contributed by atoms with Crippen LogP contribution in [-0.4, -0.2) is 37.6 Å². The molecule has 0 saturated carbocycles. The van der Waals surface area contributed by atoms with Crippen LogP contribution in [-0.2, 0) is 6.42 Å². The van der Waals surface area contributed by atoms with Gasteiger partial charge in [0.2, 0.25) is 0 Å². The fourth-order valence-electron chi connectivity index (χ4n) is 2.72. The second-order valence-corrected chi connectivity index (χ2v) is 4.98. The van der Waals surface area contributed by atoms with Crippen molar-refractivity contribution in [3.05, 3.63) is 48.0 Å². The van der Waals surface area contributed by atoms with Crippen LogP contribution in [0.3, 0.4) is 0 Å². The molecule has 0 bridgehead atoms. The highest BCUT2D eigenvalue weighted by molar-refractivity contribution is 5.85. The van der Waals surface area contributed by atoms with E-state index >= 15 is 0 Å². The van der Waals surface area contributed by atoms with Crippen molar-refractivity contribution in [3.8, 4) is 0 Å². The van der Waals surface area contributed by atoms with Crippen LogP contribution < -0.4 is 5.32 Å². The molecule has 0 spiro atoms. The second kappa shape index (κ2) is 5.51. The van der Waals surface area contributed by atoms with Gasteiger partial charge >= 0.3 is 0 Å². The van der Waals surface area contributed by atoms with E-state index in [1.54, 1.807) is 0 Å². The molecule has 3 rings (SSSR count). The summed E-state index contributed by atoms with van der Waals surface area (Å²) in [5.74, 6) is 0. The third-order valence-corrected chi connectivity index (χ3v) is 3.79. The van der Waals surface area contributed by atoms with E-state index < -0.39 is 0 Å². The fourth-order valence-corrected chi connectivity index (χ4v) is 2.72. The molecular formula is C16H20N2. The molecule has 0 aliphatic carbocycles. The summed E-state index contributed by atoms with van der Waals surface area (Å²) < 4.78 is 0. The first-order chi connectivity index (χ1) is 8.93. The smallest absolute Gasteiger partial charge is 0.0108 e. The number of hydrogen-bond donors (Lipinski definition) is 1. The first kappa shape index (κ1) is 11.7. The van der Waals surface area contributed by atoms with Crippen LogP contribution in [0.5, 0.6) is 0 Å². The lowest BCUT2D eigenvalue weighted by Gasteiger charge is -2.27. The molecule has 0 atom stereocenters. The number of nitrogens with zero attached hydrogens (tertiary/aromatic N) is 1. The molecule has 94 valence electrons. The van der Waals surface area contributed by atoms with Crippen molar-refractivity contribution >= 4 is 10.8 Å². The molecular weight excluding hydrogens is 220 g/mol. The summed E-state index contributed by atoms with van der Waals surface area (Å²) in [5.41, 5.74) is 1.48. The van der Waals surface area contributed by atoms with E-state index in [9.17, 15) is 0 Å². The topological polar surface area (TPSA) is 15.3 Å². The summed E-state index contributed by atoms with van der Waals surface area (Å²) >= 11 is 0. The van der Waals surface area contributed by atoms with Gasteiger partial charge in [-0.1, -0.05) is 42.5 Å². The van der Waals surface area contributed by atoms with E-state index in [1.807, 2.05) is 0 Å². The molecule has 0 radical (unpaired) electrons. The Labute approximate surface area is 109 Å². The van der Waals surface area contributed by atoms with Gasteiger partial charge in [0.1, 0.15) is 0 Å². The van der Waals surface area contributed by atoms with E-state index in [-0.39, 0.29) is 0 Å². The molecule has 0 amide bonds.